The summed E-state index contributed by atoms with van der Waals surface area (Å²) >= 11 is 6.11. The monoisotopic (exact) mass is 850 g/mol. The SMILES string of the molecule is CN1CC(=O)NC(Cc2c[nH]c3cc(Cl)ccc23)C(=O)NCC(=O)NCC(O)CC(=O)NC(C(O)C(O)CC=Cc2ccccc2)C(O)C(=O)NC2CC(=O)NC2=CC1=O. The Balaban J connectivity index is 1.37. The standard InChI is InChI=1S/C40H47ClN8O11/c1-49-20-34(55)46-29(12-22-17-42-26-13-23(41)10-11-25(22)26)39(59)44-19-33(54)43-18-24(50)14-31(52)48-36(37(57)30(51)9-5-8-21-6-3-2-4-7-21)38(58)40(60)47-27-15-32(53)45-28(27)16-35(49)56/h2-8,10-11,13,16-17,24,27,29-30,36-38,42,50-51,57-58H,9,12,14-15,18-20H2,1H3,(H,43,54)(H,44,59)(H,45,53)(H,46,55)(H,47,60)(H,48,52). The van der Waals surface area contributed by atoms with Crippen molar-refractivity contribution in [1.82, 2.24) is 41.8 Å². The summed E-state index contributed by atoms with van der Waals surface area (Å²) in [5.41, 5.74) is 1.98. The lowest BCUT2D eigenvalue weighted by atomic mass is 9.96. The Hall–Kier alpha value is -6.12. The number of benzene rings is 2. The number of fused-ring (bicyclic) bond motifs is 2. The van der Waals surface area contributed by atoms with Gasteiger partial charge in [-0.25, -0.2) is 0 Å². The van der Waals surface area contributed by atoms with Crippen LogP contribution in [-0.2, 0) is 40.0 Å². The molecule has 0 aliphatic carbocycles. The van der Waals surface area contributed by atoms with E-state index in [4.69, 9.17) is 11.6 Å². The van der Waals surface area contributed by atoms with Crippen LogP contribution in [0.1, 0.15) is 30.4 Å². The minimum atomic E-state index is -2.24. The highest BCUT2D eigenvalue weighted by atomic mass is 35.5. The first-order valence-electron chi connectivity index (χ1n) is 19.0. The van der Waals surface area contributed by atoms with Crippen LogP contribution in [0.25, 0.3) is 17.0 Å². The van der Waals surface area contributed by atoms with Gasteiger partial charge in [0.05, 0.1) is 50.2 Å². The number of hydrogen-bond acceptors (Lipinski definition) is 11. The van der Waals surface area contributed by atoms with Crippen LogP contribution in [0.3, 0.4) is 0 Å². The molecule has 7 amide bonds. The number of aliphatic hydroxyl groups excluding tert-OH is 4. The molecule has 5 rings (SSSR count). The van der Waals surface area contributed by atoms with Gasteiger partial charge in [-0.05, 0) is 29.7 Å². The first-order valence-corrected chi connectivity index (χ1v) is 19.3. The average molecular weight is 851 g/mol. The van der Waals surface area contributed by atoms with E-state index in [-0.39, 0.29) is 25.0 Å². The molecule has 3 heterocycles. The number of aliphatic hydroxyl groups is 4. The van der Waals surface area contributed by atoms with E-state index < -0.39 is 110 Å². The fraction of sp³-hybridized carbons (Fsp3) is 0.375. The van der Waals surface area contributed by atoms with E-state index >= 15 is 0 Å². The lowest BCUT2D eigenvalue weighted by Gasteiger charge is -2.31. The maximum Gasteiger partial charge on any atom is 0.251 e. The van der Waals surface area contributed by atoms with E-state index in [0.717, 1.165) is 16.5 Å². The lowest BCUT2D eigenvalue weighted by Crippen LogP contribution is -2.60. The number of halogens is 1. The number of likely N-dealkylation sites (N-methyl/N-ethyl adjacent to an activating group) is 1. The third-order valence-electron chi connectivity index (χ3n) is 9.77. The van der Waals surface area contributed by atoms with Gasteiger partial charge in [-0.15, -0.1) is 0 Å². The normalized spacial score (nSPS) is 24.4. The third-order valence-corrected chi connectivity index (χ3v) is 10.0. The molecule has 2 aliphatic rings. The Morgan fingerprint density at radius 3 is 2.37 bits per heavy atom. The topological polar surface area (TPSA) is 292 Å². The smallest absolute Gasteiger partial charge is 0.251 e. The summed E-state index contributed by atoms with van der Waals surface area (Å²) in [7, 11) is 1.28. The molecule has 0 radical (unpaired) electrons. The van der Waals surface area contributed by atoms with Crippen LogP contribution in [0.2, 0.25) is 5.02 Å². The molecule has 19 nitrogen and oxygen atoms in total. The van der Waals surface area contributed by atoms with Crippen LogP contribution in [0.15, 0.2) is 72.6 Å². The van der Waals surface area contributed by atoms with E-state index in [1.54, 1.807) is 54.7 Å². The Morgan fingerprint density at radius 2 is 1.62 bits per heavy atom. The molecule has 0 bridgehead atoms. The molecule has 320 valence electrons. The van der Waals surface area contributed by atoms with Gasteiger partial charge in [0, 0.05) is 53.9 Å². The van der Waals surface area contributed by atoms with Crippen molar-refractivity contribution in [2.24, 2.45) is 0 Å². The fourth-order valence-corrected chi connectivity index (χ4v) is 6.74. The van der Waals surface area contributed by atoms with Gasteiger partial charge in [-0.1, -0.05) is 60.2 Å². The maximum atomic E-state index is 13.5. The number of carbonyl (C=O) groups is 7. The van der Waals surface area contributed by atoms with Crippen molar-refractivity contribution < 1.29 is 54.0 Å². The molecule has 2 aromatic carbocycles. The number of aromatic amines is 1. The van der Waals surface area contributed by atoms with Crippen LogP contribution in [-0.4, -0.2) is 141 Å². The minimum absolute atomic E-state index is 0.0489. The van der Waals surface area contributed by atoms with Crippen molar-refractivity contribution in [3.63, 3.8) is 0 Å². The van der Waals surface area contributed by atoms with Crippen LogP contribution in [0.5, 0.6) is 0 Å². The number of hydrogen-bond donors (Lipinski definition) is 11. The number of nitrogens with zero attached hydrogens (tertiary/aromatic N) is 1. The average Bonchev–Trinajstić information content (AvgIpc) is 3.77. The van der Waals surface area contributed by atoms with Crippen molar-refractivity contribution in [3.8, 4) is 0 Å². The van der Waals surface area contributed by atoms with Crippen LogP contribution in [0, 0.1) is 0 Å². The van der Waals surface area contributed by atoms with E-state index in [2.05, 4.69) is 36.9 Å². The van der Waals surface area contributed by atoms with Gasteiger partial charge < -0.3 is 62.2 Å². The number of amides is 7. The minimum Gasteiger partial charge on any atom is -0.391 e. The summed E-state index contributed by atoms with van der Waals surface area (Å²) in [4.78, 5) is 95.8. The predicted octanol–water partition coefficient (Wildman–Crippen LogP) is -2.14. The number of H-pyrrole nitrogens is 1. The van der Waals surface area contributed by atoms with Crippen molar-refractivity contribution in [2.75, 3.05) is 26.7 Å². The predicted molar refractivity (Wildman–Crippen MR) is 216 cm³/mol. The molecule has 1 fully saturated rings. The van der Waals surface area contributed by atoms with Crippen LogP contribution < -0.4 is 31.9 Å². The molecule has 3 aromatic rings. The van der Waals surface area contributed by atoms with Crippen LogP contribution in [0.4, 0.5) is 0 Å². The van der Waals surface area contributed by atoms with E-state index in [1.165, 1.54) is 13.1 Å². The zero-order chi connectivity index (χ0) is 43.5. The molecular formula is C40H47ClN8O11. The quantitative estimate of drug-likeness (QED) is 0.122. The van der Waals surface area contributed by atoms with Gasteiger partial charge in [0.25, 0.3) is 5.91 Å². The second kappa shape index (κ2) is 20.7. The first-order chi connectivity index (χ1) is 28.6. The van der Waals surface area contributed by atoms with Gasteiger partial charge in [0.2, 0.25) is 35.4 Å². The number of aromatic nitrogens is 1. The summed E-state index contributed by atoms with van der Waals surface area (Å²) in [5.74, 6) is -5.88. The largest absolute Gasteiger partial charge is 0.391 e. The summed E-state index contributed by atoms with van der Waals surface area (Å²) in [6.07, 6.45) is -2.87. The Bertz CT molecular complexity index is 2140. The van der Waals surface area contributed by atoms with E-state index in [9.17, 15) is 54.0 Å². The maximum absolute atomic E-state index is 13.5. The van der Waals surface area contributed by atoms with Crippen molar-refractivity contribution in [2.45, 2.75) is 68.2 Å². The Morgan fingerprint density at radius 1 is 0.867 bits per heavy atom. The van der Waals surface area contributed by atoms with Crippen molar-refractivity contribution in [3.05, 3.63) is 88.7 Å². The summed E-state index contributed by atoms with van der Waals surface area (Å²) < 4.78 is 0. The van der Waals surface area contributed by atoms with Gasteiger partial charge in [-0.3, -0.25) is 33.6 Å². The molecule has 1 saturated heterocycles. The Labute approximate surface area is 348 Å². The number of β-amino-alcohol motifs (C(OH)–C–C–N with tert-alkyl or cyclic N) is 1. The highest BCUT2D eigenvalue weighted by Gasteiger charge is 2.39. The van der Waals surface area contributed by atoms with E-state index in [1.807, 2.05) is 6.07 Å². The molecule has 1 aromatic heterocycles. The molecule has 7 atom stereocenters. The molecular weight excluding hydrogens is 804 g/mol. The lowest BCUT2D eigenvalue weighted by molar-refractivity contribution is -0.138. The molecule has 7 unspecified atom stereocenters. The number of rotatable bonds is 7. The third kappa shape index (κ3) is 12.4. The summed E-state index contributed by atoms with van der Waals surface area (Å²) in [6.45, 7) is -1.65. The molecule has 0 spiro atoms. The molecule has 20 heteroatoms. The van der Waals surface area contributed by atoms with Gasteiger partial charge in [-0.2, -0.15) is 0 Å². The van der Waals surface area contributed by atoms with Gasteiger partial charge >= 0.3 is 0 Å². The molecule has 2 aliphatic heterocycles. The molecule has 0 saturated carbocycles. The summed E-state index contributed by atoms with van der Waals surface area (Å²) in [5, 5.41) is 59.6. The van der Waals surface area contributed by atoms with Crippen molar-refractivity contribution >= 4 is 69.9 Å². The highest BCUT2D eigenvalue weighted by Crippen LogP contribution is 2.23. The highest BCUT2D eigenvalue weighted by molar-refractivity contribution is 6.31. The zero-order valence-corrected chi connectivity index (χ0v) is 33.1. The molecule has 60 heavy (non-hydrogen) atoms. The zero-order valence-electron chi connectivity index (χ0n) is 32.4. The number of carbonyl (C=O) groups excluding carboxylic acids is 7. The first kappa shape index (κ1) is 45.0. The Kier molecular flexibility index (Phi) is 15.5. The molecule has 11 N–H and O–H groups in total. The van der Waals surface area contributed by atoms with Gasteiger partial charge in [0.1, 0.15) is 12.1 Å². The summed E-state index contributed by atoms with van der Waals surface area (Å²) in [6, 6.07) is 9.74. The van der Waals surface area contributed by atoms with Crippen molar-refractivity contribution in [1.29, 1.82) is 0 Å². The van der Waals surface area contributed by atoms with E-state index in [0.29, 0.717) is 21.5 Å². The fourth-order valence-electron chi connectivity index (χ4n) is 6.57. The second-order valence-corrected chi connectivity index (χ2v) is 14.9. The van der Waals surface area contributed by atoms with Crippen LogP contribution >= 0.6 is 11.6 Å². The number of nitrogens with one attached hydrogen (secondary N) is 7. The second-order valence-electron chi connectivity index (χ2n) is 14.5. The van der Waals surface area contributed by atoms with Gasteiger partial charge in [0.15, 0.2) is 6.10 Å².